The van der Waals surface area contributed by atoms with Crippen molar-refractivity contribution in [3.8, 4) is 11.5 Å². The number of rotatable bonds is 8. The number of hydrogen-bond acceptors (Lipinski definition) is 7. The topological polar surface area (TPSA) is 103 Å². The predicted molar refractivity (Wildman–Crippen MR) is 119 cm³/mol. The Kier molecular flexibility index (Phi) is 8.04. The Morgan fingerprint density at radius 3 is 2.32 bits per heavy atom. The molecule has 0 saturated heterocycles. The van der Waals surface area contributed by atoms with Gasteiger partial charge in [0.05, 0.1) is 19.2 Å². The summed E-state index contributed by atoms with van der Waals surface area (Å²) in [5.41, 5.74) is 0.931. The molecule has 0 fully saturated rings. The fourth-order valence-electron chi connectivity index (χ4n) is 2.48. The summed E-state index contributed by atoms with van der Waals surface area (Å²) in [4.78, 5) is 36.9. The average Bonchev–Trinajstić information content (AvgIpc) is 3.09. The second-order valence-electron chi connectivity index (χ2n) is 7.87. The lowest BCUT2D eigenvalue weighted by Crippen LogP contribution is -2.28. The minimum atomic E-state index is -0.611. The van der Waals surface area contributed by atoms with E-state index in [0.29, 0.717) is 26.9 Å². The average molecular weight is 449 g/mol. The minimum absolute atomic E-state index is 0.150. The first-order chi connectivity index (χ1) is 14.5. The standard InChI is InChI=1S/C22H28N2O6S/c1-13-9-18(24-21(27)22(2,3)4)31-19(13)20(26)30-12-17(25)23-11-14-7-8-15(28-5)16(10-14)29-6/h7-10H,11-12H2,1-6H3,(H,23,25)(H,24,27). The molecule has 8 nitrogen and oxygen atoms in total. The molecule has 0 atom stereocenters. The highest BCUT2D eigenvalue weighted by Crippen LogP contribution is 2.29. The molecule has 0 radical (unpaired) electrons. The molecule has 2 rings (SSSR count). The largest absolute Gasteiger partial charge is 0.493 e. The highest BCUT2D eigenvalue weighted by Gasteiger charge is 2.23. The number of amides is 2. The zero-order valence-electron chi connectivity index (χ0n) is 18.6. The lowest BCUT2D eigenvalue weighted by molar-refractivity contribution is -0.124. The Labute approximate surface area is 185 Å². The van der Waals surface area contributed by atoms with Crippen LogP contribution in [0.4, 0.5) is 5.00 Å². The van der Waals surface area contributed by atoms with Crippen LogP contribution >= 0.6 is 11.3 Å². The van der Waals surface area contributed by atoms with E-state index < -0.39 is 23.9 Å². The monoisotopic (exact) mass is 448 g/mol. The second kappa shape index (κ2) is 10.3. The molecule has 0 bridgehead atoms. The number of benzene rings is 1. The van der Waals surface area contributed by atoms with Gasteiger partial charge in [-0.25, -0.2) is 4.79 Å². The summed E-state index contributed by atoms with van der Waals surface area (Å²) in [7, 11) is 3.08. The van der Waals surface area contributed by atoms with Crippen molar-refractivity contribution < 1.29 is 28.6 Å². The number of hydrogen-bond donors (Lipinski definition) is 2. The van der Waals surface area contributed by atoms with Gasteiger partial charge >= 0.3 is 5.97 Å². The molecule has 1 aromatic carbocycles. The van der Waals surface area contributed by atoms with E-state index in [1.54, 1.807) is 59.1 Å². The summed E-state index contributed by atoms with van der Waals surface area (Å²) in [5, 5.41) is 6.04. The van der Waals surface area contributed by atoms with Crippen LogP contribution in [0.15, 0.2) is 24.3 Å². The first-order valence-corrected chi connectivity index (χ1v) is 10.4. The van der Waals surface area contributed by atoms with E-state index >= 15 is 0 Å². The van der Waals surface area contributed by atoms with Gasteiger partial charge < -0.3 is 24.8 Å². The molecule has 31 heavy (non-hydrogen) atoms. The Balaban J connectivity index is 1.88. The van der Waals surface area contributed by atoms with Gasteiger partial charge in [0.15, 0.2) is 18.1 Å². The van der Waals surface area contributed by atoms with Crippen LogP contribution < -0.4 is 20.1 Å². The molecule has 1 heterocycles. The third kappa shape index (κ3) is 6.71. The van der Waals surface area contributed by atoms with Crippen molar-refractivity contribution in [1.29, 1.82) is 0 Å². The molecular formula is C22H28N2O6S. The van der Waals surface area contributed by atoms with Crippen LogP contribution in [-0.2, 0) is 20.9 Å². The van der Waals surface area contributed by atoms with E-state index in [2.05, 4.69) is 10.6 Å². The van der Waals surface area contributed by atoms with Gasteiger partial charge in [0.25, 0.3) is 5.91 Å². The second-order valence-corrected chi connectivity index (χ2v) is 8.92. The number of ether oxygens (including phenoxy) is 3. The van der Waals surface area contributed by atoms with Crippen molar-refractivity contribution in [2.24, 2.45) is 5.41 Å². The van der Waals surface area contributed by atoms with Crippen molar-refractivity contribution in [3.63, 3.8) is 0 Å². The van der Waals surface area contributed by atoms with Crippen LogP contribution in [0.25, 0.3) is 0 Å². The molecule has 0 unspecified atom stereocenters. The van der Waals surface area contributed by atoms with E-state index in [4.69, 9.17) is 14.2 Å². The maximum Gasteiger partial charge on any atom is 0.349 e. The van der Waals surface area contributed by atoms with Gasteiger partial charge in [0.2, 0.25) is 5.91 Å². The number of carbonyl (C=O) groups excluding carboxylic acids is 3. The van der Waals surface area contributed by atoms with Crippen molar-refractivity contribution in [2.45, 2.75) is 34.2 Å². The summed E-state index contributed by atoms with van der Waals surface area (Å²) in [6, 6.07) is 7.02. The number of carbonyl (C=O) groups is 3. The summed E-state index contributed by atoms with van der Waals surface area (Å²) in [6.45, 7) is 7.00. The Hall–Kier alpha value is -3.07. The summed E-state index contributed by atoms with van der Waals surface area (Å²) in [5.74, 6) is -0.0408. The van der Waals surface area contributed by atoms with Gasteiger partial charge in [-0.15, -0.1) is 11.3 Å². The van der Waals surface area contributed by atoms with Crippen LogP contribution in [-0.4, -0.2) is 38.6 Å². The van der Waals surface area contributed by atoms with Gasteiger partial charge in [0, 0.05) is 12.0 Å². The van der Waals surface area contributed by atoms with Crippen molar-refractivity contribution in [2.75, 3.05) is 26.1 Å². The first-order valence-electron chi connectivity index (χ1n) is 9.61. The van der Waals surface area contributed by atoms with Crippen LogP contribution in [0.5, 0.6) is 11.5 Å². The van der Waals surface area contributed by atoms with E-state index in [-0.39, 0.29) is 12.5 Å². The first kappa shape index (κ1) is 24.2. The zero-order chi connectivity index (χ0) is 23.2. The van der Waals surface area contributed by atoms with Gasteiger partial charge in [-0.05, 0) is 36.2 Å². The minimum Gasteiger partial charge on any atom is -0.493 e. The van der Waals surface area contributed by atoms with Crippen LogP contribution in [0.2, 0.25) is 0 Å². The van der Waals surface area contributed by atoms with Crippen LogP contribution in [0.1, 0.15) is 41.6 Å². The number of nitrogens with one attached hydrogen (secondary N) is 2. The SMILES string of the molecule is COc1ccc(CNC(=O)COC(=O)c2sc(NC(=O)C(C)(C)C)cc2C)cc1OC. The summed E-state index contributed by atoms with van der Waals surface area (Å²) in [6.07, 6.45) is 0. The highest BCUT2D eigenvalue weighted by atomic mass is 32.1. The molecule has 0 aliphatic heterocycles. The van der Waals surface area contributed by atoms with Gasteiger partial charge in [-0.3, -0.25) is 9.59 Å². The molecule has 2 N–H and O–H groups in total. The molecule has 2 aromatic rings. The predicted octanol–water partition coefficient (Wildman–Crippen LogP) is 3.53. The highest BCUT2D eigenvalue weighted by molar-refractivity contribution is 7.18. The maximum atomic E-state index is 12.4. The zero-order valence-corrected chi connectivity index (χ0v) is 19.4. The molecule has 0 aliphatic rings. The van der Waals surface area contributed by atoms with Gasteiger partial charge in [-0.2, -0.15) is 0 Å². The lowest BCUT2D eigenvalue weighted by Gasteiger charge is -2.16. The molecule has 9 heteroatoms. The Morgan fingerprint density at radius 1 is 1.03 bits per heavy atom. The third-order valence-electron chi connectivity index (χ3n) is 4.29. The van der Waals surface area contributed by atoms with E-state index in [1.807, 2.05) is 0 Å². The van der Waals surface area contributed by atoms with Gasteiger partial charge in [0.1, 0.15) is 4.88 Å². The maximum absolute atomic E-state index is 12.4. The Bertz CT molecular complexity index is 961. The van der Waals surface area contributed by atoms with Crippen molar-refractivity contribution >= 4 is 34.1 Å². The quantitative estimate of drug-likeness (QED) is 0.599. The molecule has 0 aliphatic carbocycles. The lowest BCUT2D eigenvalue weighted by atomic mass is 9.96. The third-order valence-corrected chi connectivity index (χ3v) is 5.43. The molecule has 2 amide bonds. The number of esters is 1. The van der Waals surface area contributed by atoms with Crippen molar-refractivity contribution in [3.05, 3.63) is 40.3 Å². The fourth-order valence-corrected chi connectivity index (χ4v) is 3.45. The van der Waals surface area contributed by atoms with E-state index in [0.717, 1.165) is 16.9 Å². The number of methoxy groups -OCH3 is 2. The molecule has 168 valence electrons. The molecule has 0 spiro atoms. The fraction of sp³-hybridized carbons (Fsp3) is 0.409. The normalized spacial score (nSPS) is 10.9. The number of anilines is 1. The molecular weight excluding hydrogens is 420 g/mol. The Morgan fingerprint density at radius 2 is 1.71 bits per heavy atom. The van der Waals surface area contributed by atoms with Crippen LogP contribution in [0, 0.1) is 12.3 Å². The smallest absolute Gasteiger partial charge is 0.349 e. The van der Waals surface area contributed by atoms with E-state index in [1.165, 1.54) is 7.11 Å². The summed E-state index contributed by atoms with van der Waals surface area (Å²) < 4.78 is 15.5. The molecule has 1 aromatic heterocycles. The summed E-state index contributed by atoms with van der Waals surface area (Å²) >= 11 is 1.12. The van der Waals surface area contributed by atoms with Crippen molar-refractivity contribution in [1.82, 2.24) is 5.32 Å². The number of thiophene rings is 1. The van der Waals surface area contributed by atoms with Gasteiger partial charge in [-0.1, -0.05) is 26.8 Å². The number of aryl methyl sites for hydroxylation is 1. The van der Waals surface area contributed by atoms with Crippen LogP contribution in [0.3, 0.4) is 0 Å². The van der Waals surface area contributed by atoms with E-state index in [9.17, 15) is 14.4 Å². The molecule has 0 saturated carbocycles.